The van der Waals surface area contributed by atoms with Crippen LogP contribution in [-0.4, -0.2) is 28.9 Å². The number of aromatic nitrogens is 1. The highest BCUT2D eigenvalue weighted by Gasteiger charge is 2.38. The van der Waals surface area contributed by atoms with E-state index in [0.29, 0.717) is 6.42 Å². The first-order valence-corrected chi connectivity index (χ1v) is 6.53. The zero-order valence-corrected chi connectivity index (χ0v) is 11.7. The van der Waals surface area contributed by atoms with Gasteiger partial charge >= 0.3 is 0 Å². The fourth-order valence-corrected chi connectivity index (χ4v) is 2.37. The summed E-state index contributed by atoms with van der Waals surface area (Å²) in [5.74, 6) is -0.185. The van der Waals surface area contributed by atoms with Crippen molar-refractivity contribution in [1.29, 1.82) is 0 Å². The van der Waals surface area contributed by atoms with Crippen LogP contribution in [0.1, 0.15) is 31.7 Å². The van der Waals surface area contributed by atoms with Gasteiger partial charge in [0.15, 0.2) is 0 Å². The molecule has 0 bridgehead atoms. The van der Waals surface area contributed by atoms with Crippen molar-refractivity contribution in [1.82, 2.24) is 10.3 Å². The molecule has 2 heterocycles. The van der Waals surface area contributed by atoms with Gasteiger partial charge in [0.2, 0.25) is 11.8 Å². The van der Waals surface area contributed by atoms with E-state index < -0.39 is 12.1 Å². The molecule has 2 amide bonds. The van der Waals surface area contributed by atoms with Crippen LogP contribution in [-0.2, 0) is 9.59 Å². The van der Waals surface area contributed by atoms with Gasteiger partial charge in [-0.25, -0.2) is 0 Å². The first-order valence-electron chi connectivity index (χ1n) is 6.53. The molecular weight excluding hydrogens is 242 g/mol. The lowest BCUT2D eigenvalue weighted by Gasteiger charge is -2.37. The Morgan fingerprint density at radius 1 is 1.32 bits per heavy atom. The molecule has 19 heavy (non-hydrogen) atoms. The second-order valence-corrected chi connectivity index (χ2v) is 4.91. The van der Waals surface area contributed by atoms with E-state index in [-0.39, 0.29) is 11.8 Å². The zero-order valence-electron chi connectivity index (χ0n) is 11.7. The zero-order chi connectivity index (χ0) is 14.2. The van der Waals surface area contributed by atoms with E-state index in [0.717, 1.165) is 17.1 Å². The predicted octanol–water partition coefficient (Wildman–Crippen LogP) is 1.33. The summed E-state index contributed by atoms with van der Waals surface area (Å²) < 4.78 is 0. The third-order valence-corrected chi connectivity index (χ3v) is 3.48. The fraction of sp³-hybridized carbons (Fsp3) is 0.500. The lowest BCUT2D eigenvalue weighted by molar-refractivity contribution is -0.133. The molecule has 1 N–H and O–H groups in total. The second-order valence-electron chi connectivity index (χ2n) is 4.91. The van der Waals surface area contributed by atoms with Crippen LogP contribution in [0.15, 0.2) is 12.1 Å². The molecule has 1 saturated heterocycles. The Bertz CT molecular complexity index is 527. The highest BCUT2D eigenvalue weighted by Crippen LogP contribution is 2.24. The molecule has 1 aliphatic rings. The molecule has 1 aromatic rings. The SMILES string of the molecule is CCC1NC(=O)C(C)N(c2ccc(C)nc2C)C1=O. The quantitative estimate of drug-likeness (QED) is 0.873. The highest BCUT2D eigenvalue weighted by atomic mass is 16.2. The smallest absolute Gasteiger partial charge is 0.250 e. The van der Waals surface area contributed by atoms with Gasteiger partial charge in [-0.15, -0.1) is 0 Å². The molecule has 2 atom stereocenters. The van der Waals surface area contributed by atoms with Crippen LogP contribution in [0.4, 0.5) is 5.69 Å². The van der Waals surface area contributed by atoms with Gasteiger partial charge in [0.05, 0.1) is 11.4 Å². The molecule has 0 aromatic carbocycles. The van der Waals surface area contributed by atoms with E-state index in [1.807, 2.05) is 32.9 Å². The number of carbonyl (C=O) groups is 2. The molecule has 2 unspecified atom stereocenters. The molecule has 102 valence electrons. The summed E-state index contributed by atoms with van der Waals surface area (Å²) in [6, 6.07) is 2.77. The van der Waals surface area contributed by atoms with Crippen LogP contribution in [0, 0.1) is 13.8 Å². The number of amides is 2. The van der Waals surface area contributed by atoms with Gasteiger partial charge in [-0.1, -0.05) is 6.92 Å². The normalized spacial score (nSPS) is 23.5. The molecular formula is C14H19N3O2. The van der Waals surface area contributed by atoms with Gasteiger partial charge in [0.1, 0.15) is 12.1 Å². The number of anilines is 1. The first kappa shape index (κ1) is 13.5. The third kappa shape index (κ3) is 2.32. The maximum atomic E-state index is 12.4. The van der Waals surface area contributed by atoms with E-state index >= 15 is 0 Å². The standard InChI is InChI=1S/C14H19N3O2/c1-5-11-14(19)17(10(4)13(18)16-11)12-7-6-8(2)15-9(12)3/h6-7,10-11H,5H2,1-4H3,(H,16,18). The summed E-state index contributed by atoms with van der Waals surface area (Å²) in [7, 11) is 0. The minimum Gasteiger partial charge on any atom is -0.343 e. The number of carbonyl (C=O) groups excluding carboxylic acids is 2. The van der Waals surface area contributed by atoms with Crippen LogP contribution in [0.3, 0.4) is 0 Å². The molecule has 1 aliphatic heterocycles. The van der Waals surface area contributed by atoms with E-state index in [2.05, 4.69) is 10.3 Å². The minimum absolute atomic E-state index is 0.0663. The van der Waals surface area contributed by atoms with Crippen LogP contribution < -0.4 is 10.2 Å². The Morgan fingerprint density at radius 3 is 2.58 bits per heavy atom. The number of hydrogen-bond donors (Lipinski definition) is 1. The predicted molar refractivity (Wildman–Crippen MR) is 72.9 cm³/mol. The van der Waals surface area contributed by atoms with Crippen molar-refractivity contribution in [3.63, 3.8) is 0 Å². The fourth-order valence-electron chi connectivity index (χ4n) is 2.37. The summed E-state index contributed by atoms with van der Waals surface area (Å²) in [6.45, 7) is 7.38. The van der Waals surface area contributed by atoms with Gasteiger partial charge in [-0.05, 0) is 39.3 Å². The van der Waals surface area contributed by atoms with Gasteiger partial charge in [0.25, 0.3) is 0 Å². The summed E-state index contributed by atoms with van der Waals surface area (Å²) in [5, 5.41) is 2.75. The van der Waals surface area contributed by atoms with Crippen molar-refractivity contribution >= 4 is 17.5 Å². The average molecular weight is 261 g/mol. The Hall–Kier alpha value is -1.91. The van der Waals surface area contributed by atoms with Crippen molar-refractivity contribution in [3.05, 3.63) is 23.5 Å². The van der Waals surface area contributed by atoms with E-state index in [9.17, 15) is 9.59 Å². The average Bonchev–Trinajstić information content (AvgIpc) is 2.36. The molecule has 0 saturated carbocycles. The number of pyridine rings is 1. The molecule has 0 aliphatic carbocycles. The molecule has 0 radical (unpaired) electrons. The van der Waals surface area contributed by atoms with Crippen molar-refractivity contribution in [2.75, 3.05) is 4.90 Å². The number of hydrogen-bond acceptors (Lipinski definition) is 3. The lowest BCUT2D eigenvalue weighted by Crippen LogP contribution is -2.62. The molecule has 0 spiro atoms. The van der Waals surface area contributed by atoms with Crippen LogP contribution in [0.25, 0.3) is 0 Å². The van der Waals surface area contributed by atoms with Crippen molar-refractivity contribution in [2.45, 2.75) is 46.2 Å². The minimum atomic E-state index is -0.501. The number of piperazine rings is 1. The number of nitrogens with one attached hydrogen (secondary N) is 1. The lowest BCUT2D eigenvalue weighted by atomic mass is 10.0. The van der Waals surface area contributed by atoms with E-state index in [1.165, 1.54) is 0 Å². The van der Waals surface area contributed by atoms with Gasteiger partial charge in [-0.2, -0.15) is 0 Å². The molecule has 2 rings (SSSR count). The number of aryl methyl sites for hydroxylation is 2. The largest absolute Gasteiger partial charge is 0.343 e. The molecule has 5 nitrogen and oxygen atoms in total. The summed E-state index contributed by atoms with van der Waals surface area (Å²) in [6.07, 6.45) is 0.589. The van der Waals surface area contributed by atoms with E-state index in [1.54, 1.807) is 11.8 Å². The maximum absolute atomic E-state index is 12.4. The Labute approximate surface area is 113 Å². The van der Waals surface area contributed by atoms with Crippen molar-refractivity contribution < 1.29 is 9.59 Å². The maximum Gasteiger partial charge on any atom is 0.250 e. The van der Waals surface area contributed by atoms with Gasteiger partial charge < -0.3 is 5.32 Å². The van der Waals surface area contributed by atoms with Crippen LogP contribution in [0.2, 0.25) is 0 Å². The Balaban J connectivity index is 2.45. The number of rotatable bonds is 2. The Morgan fingerprint density at radius 2 is 2.00 bits per heavy atom. The Kier molecular flexibility index (Phi) is 3.55. The molecule has 1 fully saturated rings. The summed E-state index contributed by atoms with van der Waals surface area (Å²) in [4.78, 5) is 30.3. The topological polar surface area (TPSA) is 62.3 Å². The van der Waals surface area contributed by atoms with Gasteiger partial charge in [0, 0.05) is 5.69 Å². The van der Waals surface area contributed by atoms with Crippen LogP contribution >= 0.6 is 0 Å². The summed E-state index contributed by atoms with van der Waals surface area (Å²) >= 11 is 0. The summed E-state index contributed by atoms with van der Waals surface area (Å²) in [5.41, 5.74) is 2.39. The second kappa shape index (κ2) is 4.99. The third-order valence-electron chi connectivity index (χ3n) is 3.48. The van der Waals surface area contributed by atoms with Crippen LogP contribution in [0.5, 0.6) is 0 Å². The molecule has 5 heteroatoms. The first-order chi connectivity index (χ1) is 8.95. The van der Waals surface area contributed by atoms with Crippen molar-refractivity contribution in [3.8, 4) is 0 Å². The van der Waals surface area contributed by atoms with Gasteiger partial charge in [-0.3, -0.25) is 19.5 Å². The van der Waals surface area contributed by atoms with Crippen molar-refractivity contribution in [2.24, 2.45) is 0 Å². The molecule has 1 aromatic heterocycles. The number of nitrogens with zero attached hydrogens (tertiary/aromatic N) is 2. The highest BCUT2D eigenvalue weighted by molar-refractivity contribution is 6.08. The monoisotopic (exact) mass is 261 g/mol. The van der Waals surface area contributed by atoms with E-state index in [4.69, 9.17) is 0 Å².